The molecule has 0 amide bonds. The summed E-state index contributed by atoms with van der Waals surface area (Å²) in [7, 11) is 0. The molecule has 1 aromatic heterocycles. The quantitative estimate of drug-likeness (QED) is 0.267. The number of phenolic OH excluding ortho intramolecular Hbond substituents is 1. The molecule has 0 fully saturated rings. The summed E-state index contributed by atoms with van der Waals surface area (Å²) >= 11 is 4.34. The Balaban J connectivity index is 2.08. The van der Waals surface area contributed by atoms with Gasteiger partial charge in [0, 0.05) is 19.0 Å². The summed E-state index contributed by atoms with van der Waals surface area (Å²) in [4.78, 5) is 0. The Labute approximate surface area is 162 Å². The van der Waals surface area contributed by atoms with Crippen molar-refractivity contribution in [1.29, 1.82) is 0 Å². The Hall–Kier alpha value is -2.11. The molecule has 4 aromatic carbocycles. The fourth-order valence-corrected chi connectivity index (χ4v) is 5.76. The summed E-state index contributed by atoms with van der Waals surface area (Å²) in [6.07, 6.45) is 0. The van der Waals surface area contributed by atoms with Gasteiger partial charge >= 0.3 is 0 Å². The van der Waals surface area contributed by atoms with Crippen molar-refractivity contribution in [1.82, 2.24) is 0 Å². The van der Waals surface area contributed by atoms with Gasteiger partial charge in [-0.1, -0.05) is 54.6 Å². The molecule has 5 aromatic rings. The maximum absolute atomic E-state index is 9.71. The molecule has 1 heterocycles. The molecular weight excluding hydrogens is 439 g/mol. The van der Waals surface area contributed by atoms with E-state index in [9.17, 15) is 5.11 Å². The van der Waals surface area contributed by atoms with Crippen LogP contribution in [0, 0.1) is 3.57 Å². The Morgan fingerprint density at radius 3 is 2.12 bits per heavy atom. The van der Waals surface area contributed by atoms with Crippen molar-refractivity contribution in [2.75, 3.05) is 0 Å². The number of fused-ring (bicyclic) bond motifs is 4. The Bertz CT molecular complexity index is 1250. The maximum atomic E-state index is 9.71. The summed E-state index contributed by atoms with van der Waals surface area (Å²) in [5.74, 6) is 0.296. The number of thiophene rings is 1. The molecule has 3 heteroatoms. The van der Waals surface area contributed by atoms with Gasteiger partial charge in [-0.05, 0) is 62.7 Å². The first-order valence-corrected chi connectivity index (χ1v) is 9.94. The molecule has 0 saturated carbocycles. The van der Waals surface area contributed by atoms with Gasteiger partial charge in [0.2, 0.25) is 0 Å². The van der Waals surface area contributed by atoms with Crippen molar-refractivity contribution >= 4 is 64.9 Å². The van der Waals surface area contributed by atoms with Crippen molar-refractivity contribution in [3.63, 3.8) is 0 Å². The molecule has 0 aliphatic carbocycles. The summed E-state index contributed by atoms with van der Waals surface area (Å²) in [6, 6.07) is 24.8. The van der Waals surface area contributed by atoms with Crippen LogP contribution in [0.2, 0.25) is 0 Å². The van der Waals surface area contributed by atoms with E-state index in [1.165, 1.54) is 40.1 Å². The third-order valence-corrected chi connectivity index (χ3v) is 7.31. The van der Waals surface area contributed by atoms with Crippen molar-refractivity contribution in [3.8, 4) is 16.9 Å². The molecular formula is C22H13IOS. The lowest BCUT2D eigenvalue weighted by atomic mass is 9.93. The highest BCUT2D eigenvalue weighted by atomic mass is 127. The lowest BCUT2D eigenvalue weighted by molar-refractivity contribution is 0.475. The summed E-state index contributed by atoms with van der Waals surface area (Å²) in [5, 5.41) is 14.9. The van der Waals surface area contributed by atoms with Crippen LogP contribution in [0.25, 0.3) is 42.1 Å². The zero-order valence-corrected chi connectivity index (χ0v) is 16.1. The lowest BCUT2D eigenvalue weighted by Crippen LogP contribution is -1.87. The first-order chi connectivity index (χ1) is 12.2. The van der Waals surface area contributed by atoms with Crippen LogP contribution in [-0.2, 0) is 0 Å². The Morgan fingerprint density at radius 1 is 0.720 bits per heavy atom. The van der Waals surface area contributed by atoms with Crippen molar-refractivity contribution < 1.29 is 5.11 Å². The van der Waals surface area contributed by atoms with Gasteiger partial charge in [-0.3, -0.25) is 0 Å². The van der Waals surface area contributed by atoms with Crippen molar-refractivity contribution in [3.05, 3.63) is 76.4 Å². The maximum Gasteiger partial charge on any atom is 0.115 e. The van der Waals surface area contributed by atoms with Gasteiger partial charge in [0.25, 0.3) is 0 Å². The monoisotopic (exact) mass is 452 g/mol. The molecule has 5 rings (SSSR count). The highest BCUT2D eigenvalue weighted by molar-refractivity contribution is 14.1. The van der Waals surface area contributed by atoms with Gasteiger partial charge in [-0.25, -0.2) is 0 Å². The van der Waals surface area contributed by atoms with E-state index in [0.29, 0.717) is 5.75 Å². The zero-order chi connectivity index (χ0) is 17.0. The van der Waals surface area contributed by atoms with Gasteiger partial charge < -0.3 is 5.11 Å². The number of hydrogen-bond acceptors (Lipinski definition) is 2. The number of phenols is 1. The summed E-state index contributed by atoms with van der Waals surface area (Å²) in [6.45, 7) is 0. The van der Waals surface area contributed by atoms with Gasteiger partial charge in [0.15, 0.2) is 0 Å². The topological polar surface area (TPSA) is 20.2 Å². The van der Waals surface area contributed by atoms with E-state index >= 15 is 0 Å². The standard InChI is InChI=1S/C22H13IOS/c23-21-16-6-2-1-5-15(16)19(13-9-11-14(24)12-10-13)20-17-7-3-4-8-18(17)25-22(20)21/h1-12,24H. The minimum Gasteiger partial charge on any atom is -0.508 e. The van der Waals surface area contributed by atoms with Crippen LogP contribution in [-0.4, -0.2) is 5.11 Å². The fraction of sp³-hybridized carbons (Fsp3) is 0. The smallest absolute Gasteiger partial charge is 0.115 e. The van der Waals surface area contributed by atoms with E-state index in [0.717, 1.165) is 5.56 Å². The van der Waals surface area contributed by atoms with Gasteiger partial charge in [0.1, 0.15) is 5.75 Å². The SMILES string of the molecule is Oc1ccc(-c2c3ccccc3c(I)c3sc4ccccc4c23)cc1. The highest BCUT2D eigenvalue weighted by Gasteiger charge is 2.18. The first-order valence-electron chi connectivity index (χ1n) is 8.05. The molecule has 0 atom stereocenters. The second-order valence-corrected chi connectivity index (χ2v) is 8.21. The van der Waals surface area contributed by atoms with Crippen molar-refractivity contribution in [2.45, 2.75) is 0 Å². The minimum absolute atomic E-state index is 0.296. The average molecular weight is 452 g/mol. The molecule has 0 unspecified atom stereocenters. The second-order valence-electron chi connectivity index (χ2n) is 6.08. The summed E-state index contributed by atoms with van der Waals surface area (Å²) < 4.78 is 3.96. The largest absolute Gasteiger partial charge is 0.508 e. The normalized spacial score (nSPS) is 11.6. The average Bonchev–Trinajstić information content (AvgIpc) is 3.03. The van der Waals surface area contributed by atoms with Crippen LogP contribution in [0.5, 0.6) is 5.75 Å². The minimum atomic E-state index is 0.296. The van der Waals surface area contributed by atoms with Crippen LogP contribution in [0.4, 0.5) is 0 Å². The van der Waals surface area contributed by atoms with Crippen LogP contribution in [0.1, 0.15) is 0 Å². The van der Waals surface area contributed by atoms with Crippen LogP contribution >= 0.6 is 33.9 Å². The van der Waals surface area contributed by atoms with E-state index in [-0.39, 0.29) is 0 Å². The van der Waals surface area contributed by atoms with Gasteiger partial charge in [-0.2, -0.15) is 0 Å². The fourth-order valence-electron chi connectivity index (χ4n) is 3.53. The molecule has 1 N–H and O–H groups in total. The number of rotatable bonds is 1. The number of aromatic hydroxyl groups is 1. The van der Waals surface area contributed by atoms with Gasteiger partial charge in [-0.15, -0.1) is 11.3 Å². The van der Waals surface area contributed by atoms with E-state index in [4.69, 9.17) is 0 Å². The second kappa shape index (κ2) is 5.71. The Morgan fingerprint density at radius 2 is 1.36 bits per heavy atom. The lowest BCUT2D eigenvalue weighted by Gasteiger charge is -2.12. The molecule has 0 saturated heterocycles. The third kappa shape index (κ3) is 2.26. The molecule has 120 valence electrons. The molecule has 25 heavy (non-hydrogen) atoms. The molecule has 0 bridgehead atoms. The van der Waals surface area contributed by atoms with Crippen LogP contribution in [0.15, 0.2) is 72.8 Å². The van der Waals surface area contributed by atoms with E-state index < -0.39 is 0 Å². The van der Waals surface area contributed by atoms with E-state index in [1.807, 2.05) is 23.5 Å². The predicted octanol–water partition coefficient (Wildman–Crippen LogP) is 7.18. The van der Waals surface area contributed by atoms with Gasteiger partial charge in [0.05, 0.1) is 4.70 Å². The highest BCUT2D eigenvalue weighted by Crippen LogP contribution is 2.46. The zero-order valence-electron chi connectivity index (χ0n) is 13.2. The van der Waals surface area contributed by atoms with E-state index in [2.05, 4.69) is 71.1 Å². The first kappa shape index (κ1) is 15.2. The molecule has 0 aliphatic rings. The van der Waals surface area contributed by atoms with Crippen LogP contribution < -0.4 is 0 Å². The summed E-state index contributed by atoms with van der Waals surface area (Å²) in [5.41, 5.74) is 2.39. The molecule has 0 radical (unpaired) electrons. The predicted molar refractivity (Wildman–Crippen MR) is 117 cm³/mol. The number of hydrogen-bond donors (Lipinski definition) is 1. The Kier molecular flexibility index (Phi) is 3.47. The molecule has 0 aliphatic heterocycles. The number of benzene rings is 4. The van der Waals surface area contributed by atoms with Crippen LogP contribution in [0.3, 0.4) is 0 Å². The van der Waals surface area contributed by atoms with E-state index in [1.54, 1.807) is 12.1 Å². The molecule has 1 nitrogen and oxygen atoms in total. The molecule has 0 spiro atoms. The van der Waals surface area contributed by atoms with Crippen molar-refractivity contribution in [2.24, 2.45) is 0 Å². The number of halogens is 1. The third-order valence-electron chi connectivity index (χ3n) is 4.63.